The molecule has 2 amide bonds. The molecule has 6 nitrogen and oxygen atoms in total. The number of allylic oxidation sites excluding steroid dienone is 2. The minimum absolute atomic E-state index is 0.0421. The highest BCUT2D eigenvalue weighted by Gasteiger charge is 2.73. The molecule has 2 saturated heterocycles. The van der Waals surface area contributed by atoms with Crippen LogP contribution in [0.4, 0.5) is 0 Å². The highest BCUT2D eigenvalue weighted by Crippen LogP contribution is 2.74. The van der Waals surface area contributed by atoms with Crippen molar-refractivity contribution in [3.63, 3.8) is 0 Å². The summed E-state index contributed by atoms with van der Waals surface area (Å²) in [6, 6.07) is 0. The number of hydrogen-bond donors (Lipinski definition) is 0. The number of imide groups is 1. The fourth-order valence-electron chi connectivity index (χ4n) is 10.1. The van der Waals surface area contributed by atoms with Crippen molar-refractivity contribution >= 4 is 41.3 Å². The van der Waals surface area contributed by atoms with Crippen molar-refractivity contribution < 1.29 is 19.1 Å². The zero-order chi connectivity index (χ0) is 26.3. The predicted octanol–water partition coefficient (Wildman–Crippen LogP) is 5.20. The summed E-state index contributed by atoms with van der Waals surface area (Å²) in [4.78, 5) is 41.6. The molecule has 5 fully saturated rings. The van der Waals surface area contributed by atoms with Crippen molar-refractivity contribution in [3.8, 4) is 0 Å². The third-order valence-electron chi connectivity index (χ3n) is 11.4. The van der Waals surface area contributed by atoms with Crippen molar-refractivity contribution in [3.05, 3.63) is 11.6 Å². The number of esters is 1. The van der Waals surface area contributed by atoms with Crippen LogP contribution in [0.1, 0.15) is 66.2 Å². The first-order valence-electron chi connectivity index (χ1n) is 14.2. The number of fused-ring (bicyclic) bond motifs is 1. The molecule has 8 atom stereocenters. The molecule has 0 aromatic heterocycles. The Morgan fingerprint density at radius 2 is 1.76 bits per heavy atom. The third kappa shape index (κ3) is 3.46. The lowest BCUT2D eigenvalue weighted by atomic mass is 9.34. The fraction of sp³-hybridized carbons (Fsp3) is 0.828. The largest absolute Gasteiger partial charge is 0.469 e. The van der Waals surface area contributed by atoms with Crippen LogP contribution in [0.25, 0.3) is 0 Å². The van der Waals surface area contributed by atoms with Gasteiger partial charge in [0.05, 0.1) is 36.1 Å². The number of carbonyl (C=O) groups is 3. The monoisotopic (exact) mass is 546 g/mol. The normalized spacial score (nSPS) is 45.7. The van der Waals surface area contributed by atoms with E-state index in [1.807, 2.05) is 28.5 Å². The van der Waals surface area contributed by atoms with Crippen LogP contribution in [-0.4, -0.2) is 58.2 Å². The lowest BCUT2D eigenvalue weighted by molar-refractivity contribution is -0.196. The maximum absolute atomic E-state index is 14.4. The van der Waals surface area contributed by atoms with E-state index in [0.717, 1.165) is 50.0 Å². The molecule has 8 heteroatoms. The second-order valence-electron chi connectivity index (χ2n) is 13.2. The molecular weight excluding hydrogens is 504 g/mol. The average Bonchev–Trinajstić information content (AvgIpc) is 3.03. The number of hydrazine groups is 1. The number of amides is 2. The van der Waals surface area contributed by atoms with Gasteiger partial charge in [0.15, 0.2) is 0 Å². The SMILES string of the molecule is COC(=O)[C@]1(C)CCC[C@]2(C)[C@H]3C[C@H]4C(C(C)C)=C[C@]3(CC[C@H]21)[C@@H]1C(=O)N(N2CSCCSC2)C(=O)[C@@H]14. The lowest BCUT2D eigenvalue weighted by Crippen LogP contribution is -2.65. The van der Waals surface area contributed by atoms with Crippen LogP contribution in [-0.2, 0) is 19.1 Å². The summed E-state index contributed by atoms with van der Waals surface area (Å²) in [5, 5.41) is 3.61. The smallest absolute Gasteiger partial charge is 0.311 e. The van der Waals surface area contributed by atoms with Crippen LogP contribution >= 0.6 is 23.5 Å². The number of nitrogens with zero attached hydrogens (tertiary/aromatic N) is 2. The van der Waals surface area contributed by atoms with Gasteiger partial charge in [0.2, 0.25) is 11.8 Å². The molecule has 7 aliphatic rings. The van der Waals surface area contributed by atoms with Crippen LogP contribution < -0.4 is 0 Å². The van der Waals surface area contributed by atoms with E-state index < -0.39 is 5.41 Å². The Morgan fingerprint density at radius 3 is 2.41 bits per heavy atom. The quantitative estimate of drug-likeness (QED) is 0.274. The molecule has 0 radical (unpaired) electrons. The molecule has 0 aromatic carbocycles. The molecule has 5 aliphatic carbocycles. The summed E-state index contributed by atoms with van der Waals surface area (Å²) in [5.41, 5.74) is 0.569. The zero-order valence-corrected chi connectivity index (χ0v) is 24.6. The van der Waals surface area contributed by atoms with E-state index in [1.54, 1.807) is 5.01 Å². The first-order valence-corrected chi connectivity index (χ1v) is 16.5. The molecule has 2 heterocycles. The van der Waals surface area contributed by atoms with Gasteiger partial charge < -0.3 is 4.74 Å². The molecule has 2 aliphatic heterocycles. The van der Waals surface area contributed by atoms with Crippen molar-refractivity contribution in [2.45, 2.75) is 66.2 Å². The van der Waals surface area contributed by atoms with E-state index in [-0.39, 0.29) is 52.3 Å². The topological polar surface area (TPSA) is 66.9 Å². The van der Waals surface area contributed by atoms with E-state index in [4.69, 9.17) is 4.74 Å². The highest BCUT2D eigenvalue weighted by atomic mass is 32.2. The molecule has 0 aromatic rings. The molecule has 0 unspecified atom stereocenters. The molecule has 0 N–H and O–H groups in total. The predicted molar refractivity (Wildman–Crippen MR) is 147 cm³/mol. The van der Waals surface area contributed by atoms with Crippen LogP contribution in [0.2, 0.25) is 0 Å². The summed E-state index contributed by atoms with van der Waals surface area (Å²) >= 11 is 3.63. The Kier molecular flexibility index (Phi) is 6.40. The van der Waals surface area contributed by atoms with Crippen LogP contribution in [0, 0.1) is 51.8 Å². The number of carbonyl (C=O) groups excluding carboxylic acids is 3. The van der Waals surface area contributed by atoms with Gasteiger partial charge in [0.25, 0.3) is 0 Å². The van der Waals surface area contributed by atoms with E-state index in [2.05, 4.69) is 33.8 Å². The minimum Gasteiger partial charge on any atom is -0.469 e. The fourth-order valence-corrected chi connectivity index (χ4v) is 12.2. The van der Waals surface area contributed by atoms with Crippen LogP contribution in [0.5, 0.6) is 0 Å². The van der Waals surface area contributed by atoms with Gasteiger partial charge in [-0.3, -0.25) is 14.4 Å². The van der Waals surface area contributed by atoms with Crippen LogP contribution in [0.3, 0.4) is 0 Å². The number of ether oxygens (including phenoxy) is 1. The van der Waals surface area contributed by atoms with Crippen molar-refractivity contribution in [2.24, 2.45) is 51.8 Å². The van der Waals surface area contributed by atoms with E-state index in [1.165, 1.54) is 12.7 Å². The zero-order valence-electron chi connectivity index (χ0n) is 23.0. The number of thioether (sulfide) groups is 2. The number of hydrogen-bond acceptors (Lipinski definition) is 7. The maximum Gasteiger partial charge on any atom is 0.311 e. The molecular formula is C29H42N2O4S2. The minimum atomic E-state index is -0.480. The molecule has 2 bridgehead atoms. The Labute approximate surface area is 230 Å². The van der Waals surface area contributed by atoms with Crippen molar-refractivity contribution in [2.75, 3.05) is 30.4 Å². The van der Waals surface area contributed by atoms with E-state index in [9.17, 15) is 14.4 Å². The first-order chi connectivity index (χ1) is 17.6. The molecule has 37 heavy (non-hydrogen) atoms. The van der Waals surface area contributed by atoms with Crippen molar-refractivity contribution in [1.82, 2.24) is 10.0 Å². The number of methoxy groups -OCH3 is 1. The molecule has 204 valence electrons. The van der Waals surface area contributed by atoms with Gasteiger partial charge in [0, 0.05) is 16.9 Å². The Balaban J connectivity index is 1.44. The summed E-state index contributed by atoms with van der Waals surface area (Å²) < 4.78 is 5.36. The summed E-state index contributed by atoms with van der Waals surface area (Å²) in [5.74, 6) is 4.04. The number of rotatable bonds is 3. The molecule has 7 rings (SSSR count). The second-order valence-corrected chi connectivity index (χ2v) is 15.4. The molecule has 1 spiro atoms. The van der Waals surface area contributed by atoms with Gasteiger partial charge >= 0.3 is 5.97 Å². The standard InChI is InChI=1S/C29H42N2O4S2/c1-17(2)19-14-29-10-7-20-27(3,8-6-9-28(20,4)26(34)35-5)21(29)13-18(19)22-23(29)25(33)31(24(22)32)30-15-36-11-12-37-16-30/h14,17-18,20-23H,6-13,15-16H2,1-5H3/t18-,20+,21+,22+,23-,27-,28+,29-/m0/s1. The third-order valence-corrected chi connectivity index (χ3v) is 13.6. The Bertz CT molecular complexity index is 1040. The van der Waals surface area contributed by atoms with Crippen LogP contribution in [0.15, 0.2) is 11.6 Å². The summed E-state index contributed by atoms with van der Waals surface area (Å²) in [6.45, 7) is 9.02. The summed E-state index contributed by atoms with van der Waals surface area (Å²) in [6.07, 6.45) is 8.21. The Hall–Kier alpha value is -0.990. The van der Waals surface area contributed by atoms with Gasteiger partial charge in [-0.1, -0.05) is 38.8 Å². The highest BCUT2D eigenvalue weighted by molar-refractivity contribution is 8.03. The van der Waals surface area contributed by atoms with E-state index >= 15 is 0 Å². The van der Waals surface area contributed by atoms with Gasteiger partial charge in [-0.05, 0) is 68.1 Å². The maximum atomic E-state index is 14.4. The van der Waals surface area contributed by atoms with Gasteiger partial charge in [-0.2, -0.15) is 5.01 Å². The summed E-state index contributed by atoms with van der Waals surface area (Å²) in [7, 11) is 1.52. The van der Waals surface area contributed by atoms with Crippen molar-refractivity contribution in [1.29, 1.82) is 0 Å². The molecule has 3 saturated carbocycles. The second kappa shape index (κ2) is 9.02. The van der Waals surface area contributed by atoms with Gasteiger partial charge in [-0.25, -0.2) is 5.01 Å². The van der Waals surface area contributed by atoms with E-state index in [0.29, 0.717) is 23.6 Å². The first kappa shape index (κ1) is 26.2. The van der Waals surface area contributed by atoms with Gasteiger partial charge in [-0.15, -0.1) is 23.5 Å². The van der Waals surface area contributed by atoms with Gasteiger partial charge in [0.1, 0.15) is 0 Å². The lowest BCUT2D eigenvalue weighted by Gasteiger charge is -2.68. The average molecular weight is 547 g/mol. The Morgan fingerprint density at radius 1 is 1.05 bits per heavy atom.